The van der Waals surface area contributed by atoms with Crippen LogP contribution in [0.5, 0.6) is 0 Å². The summed E-state index contributed by atoms with van der Waals surface area (Å²) in [7, 11) is 0. The molecule has 3 nitrogen and oxygen atoms in total. The van der Waals surface area contributed by atoms with E-state index >= 15 is 0 Å². The number of rotatable bonds is 5. The maximum Gasteiger partial charge on any atom is 0.141 e. The first-order chi connectivity index (χ1) is 20.7. The summed E-state index contributed by atoms with van der Waals surface area (Å²) in [6.07, 6.45) is 0. The topological polar surface area (TPSA) is 22.8 Å². The molecule has 8 rings (SSSR count). The highest BCUT2D eigenvalue weighted by atomic mass is 79.9. The molecule has 8 aromatic rings. The van der Waals surface area contributed by atoms with Crippen molar-refractivity contribution in [2.75, 3.05) is 0 Å². The Morgan fingerprint density at radius 1 is 0.524 bits per heavy atom. The summed E-state index contributed by atoms with van der Waals surface area (Å²) in [6, 6.07) is 51.6. The van der Waals surface area contributed by atoms with Gasteiger partial charge in [-0.1, -0.05) is 113 Å². The molecule has 0 aliphatic rings. The summed E-state index contributed by atoms with van der Waals surface area (Å²) in [5.74, 6) is 0.972. The maximum absolute atomic E-state index is 5.19. The van der Waals surface area contributed by atoms with Crippen LogP contribution < -0.4 is 0 Å². The zero-order valence-corrected chi connectivity index (χ0v) is 24.4. The van der Waals surface area contributed by atoms with Crippen LogP contribution in [0.3, 0.4) is 0 Å². The monoisotopic (exact) mass is 603 g/mol. The highest BCUT2D eigenvalue weighted by Crippen LogP contribution is 2.36. The third-order valence-corrected chi connectivity index (χ3v) is 8.86. The summed E-state index contributed by atoms with van der Waals surface area (Å²) >= 11 is 3.75. The van der Waals surface area contributed by atoms with E-state index in [2.05, 4.69) is 165 Å². The van der Waals surface area contributed by atoms with Crippen molar-refractivity contribution in [2.45, 2.75) is 6.54 Å². The number of benzene rings is 6. The Hall–Kier alpha value is -4.93. The molecule has 0 atom stereocenters. The lowest BCUT2D eigenvalue weighted by atomic mass is 10.0. The largest absolute Gasteiger partial charge is 0.319 e. The molecule has 0 N–H and O–H groups in total. The number of aromatic nitrogens is 3. The number of nitrogens with zero attached hydrogens (tertiary/aromatic N) is 3. The number of fused-ring (bicyclic) bond motifs is 4. The molecule has 0 unspecified atom stereocenters. The van der Waals surface area contributed by atoms with Gasteiger partial charge >= 0.3 is 0 Å². The first-order valence-corrected chi connectivity index (χ1v) is 14.9. The molecule has 6 aromatic carbocycles. The fourth-order valence-electron chi connectivity index (χ4n) is 6.08. The molecule has 0 radical (unpaired) electrons. The maximum atomic E-state index is 5.19. The molecule has 0 saturated carbocycles. The fourth-order valence-corrected chi connectivity index (χ4v) is 6.49. The molecule has 0 aliphatic carbocycles. The van der Waals surface area contributed by atoms with Gasteiger partial charge in [-0.25, -0.2) is 4.98 Å². The zero-order chi connectivity index (χ0) is 28.0. The summed E-state index contributed by atoms with van der Waals surface area (Å²) in [5.41, 5.74) is 10.4. The van der Waals surface area contributed by atoms with E-state index in [0.29, 0.717) is 0 Å². The Kier molecular flexibility index (Phi) is 6.01. The summed E-state index contributed by atoms with van der Waals surface area (Å²) in [5, 5.41) is 2.50. The molecular formula is C38H26BrN3. The molecule has 0 fully saturated rings. The molecule has 0 bridgehead atoms. The summed E-state index contributed by atoms with van der Waals surface area (Å²) in [6.45, 7) is 0.729. The van der Waals surface area contributed by atoms with E-state index in [0.717, 1.165) is 39.0 Å². The van der Waals surface area contributed by atoms with Crippen LogP contribution in [-0.4, -0.2) is 14.1 Å². The lowest BCUT2D eigenvalue weighted by Gasteiger charge is -2.11. The minimum Gasteiger partial charge on any atom is -0.319 e. The van der Waals surface area contributed by atoms with Crippen molar-refractivity contribution < 1.29 is 0 Å². The normalized spacial score (nSPS) is 11.5. The Labute approximate surface area is 252 Å². The Morgan fingerprint density at radius 3 is 1.98 bits per heavy atom. The van der Waals surface area contributed by atoms with Crippen LogP contribution in [0.15, 0.2) is 150 Å². The van der Waals surface area contributed by atoms with Gasteiger partial charge in [-0.15, -0.1) is 0 Å². The van der Waals surface area contributed by atoms with Gasteiger partial charge in [-0.3, -0.25) is 0 Å². The Bertz CT molecular complexity index is 2230. The molecule has 2 aromatic heterocycles. The van der Waals surface area contributed by atoms with E-state index < -0.39 is 0 Å². The second-order valence-electron chi connectivity index (χ2n) is 10.6. The van der Waals surface area contributed by atoms with Crippen LogP contribution in [0.4, 0.5) is 0 Å². The van der Waals surface area contributed by atoms with Crippen LogP contribution in [0.2, 0.25) is 0 Å². The smallest absolute Gasteiger partial charge is 0.141 e. The van der Waals surface area contributed by atoms with E-state index in [-0.39, 0.29) is 0 Å². The number of hydrogen-bond donors (Lipinski definition) is 0. The second kappa shape index (κ2) is 10.2. The predicted molar refractivity (Wildman–Crippen MR) is 178 cm³/mol. The van der Waals surface area contributed by atoms with E-state index in [1.807, 2.05) is 6.07 Å². The van der Waals surface area contributed by atoms with Gasteiger partial charge in [0.05, 0.1) is 28.6 Å². The average Bonchev–Trinajstić information content (AvgIpc) is 3.58. The standard InChI is InChI=1S/C38H26BrN3/c39-33-17-9-7-13-29(33)25-41-37-22-20-28(24-34(37)40-38(41)26-11-3-1-4-12-26)27-19-21-36-32(23-27)31-16-8-10-18-35(31)42(36)30-14-5-2-6-15-30/h1-24H,25H2. The van der Waals surface area contributed by atoms with Gasteiger partial charge < -0.3 is 9.13 Å². The highest BCUT2D eigenvalue weighted by molar-refractivity contribution is 9.10. The third-order valence-electron chi connectivity index (χ3n) is 8.09. The lowest BCUT2D eigenvalue weighted by molar-refractivity contribution is 0.831. The quantitative estimate of drug-likeness (QED) is 0.192. The van der Waals surface area contributed by atoms with Gasteiger partial charge in [0, 0.05) is 26.5 Å². The molecular weight excluding hydrogens is 578 g/mol. The zero-order valence-electron chi connectivity index (χ0n) is 22.8. The third kappa shape index (κ3) is 4.15. The Morgan fingerprint density at radius 2 is 1.17 bits per heavy atom. The molecule has 2 heterocycles. The number of imidazole rings is 1. The van der Waals surface area contributed by atoms with E-state index in [1.54, 1.807) is 0 Å². The van der Waals surface area contributed by atoms with Crippen LogP contribution in [0.25, 0.3) is 61.0 Å². The predicted octanol–water partition coefficient (Wildman–Crippen LogP) is 10.3. The summed E-state index contributed by atoms with van der Waals surface area (Å²) in [4.78, 5) is 5.19. The molecule has 42 heavy (non-hydrogen) atoms. The molecule has 4 heteroatoms. The molecule has 200 valence electrons. The van der Waals surface area contributed by atoms with Crippen molar-refractivity contribution >= 4 is 48.8 Å². The molecule has 0 saturated heterocycles. The fraction of sp³-hybridized carbons (Fsp3) is 0.0263. The van der Waals surface area contributed by atoms with Gasteiger partial charge in [-0.2, -0.15) is 0 Å². The second-order valence-corrected chi connectivity index (χ2v) is 11.5. The first kappa shape index (κ1) is 24.8. The van der Waals surface area contributed by atoms with Crippen molar-refractivity contribution in [3.8, 4) is 28.2 Å². The highest BCUT2D eigenvalue weighted by Gasteiger charge is 2.16. The molecule has 0 spiro atoms. The van der Waals surface area contributed by atoms with E-state index in [4.69, 9.17) is 4.98 Å². The first-order valence-electron chi connectivity index (χ1n) is 14.1. The van der Waals surface area contributed by atoms with Gasteiger partial charge in [0.1, 0.15) is 5.82 Å². The number of para-hydroxylation sites is 2. The molecule has 0 aliphatic heterocycles. The van der Waals surface area contributed by atoms with Crippen molar-refractivity contribution in [1.82, 2.24) is 14.1 Å². The summed E-state index contributed by atoms with van der Waals surface area (Å²) < 4.78 is 5.78. The van der Waals surface area contributed by atoms with Crippen molar-refractivity contribution in [3.05, 3.63) is 156 Å². The van der Waals surface area contributed by atoms with Crippen molar-refractivity contribution in [3.63, 3.8) is 0 Å². The minimum absolute atomic E-state index is 0.729. The Balaban J connectivity index is 1.29. The minimum atomic E-state index is 0.729. The van der Waals surface area contributed by atoms with E-state index in [1.165, 1.54) is 38.6 Å². The van der Waals surface area contributed by atoms with Crippen LogP contribution >= 0.6 is 15.9 Å². The van der Waals surface area contributed by atoms with E-state index in [9.17, 15) is 0 Å². The van der Waals surface area contributed by atoms with Gasteiger partial charge in [0.2, 0.25) is 0 Å². The van der Waals surface area contributed by atoms with Crippen LogP contribution in [0, 0.1) is 0 Å². The van der Waals surface area contributed by atoms with Gasteiger partial charge in [0.25, 0.3) is 0 Å². The van der Waals surface area contributed by atoms with Gasteiger partial charge in [-0.05, 0) is 65.2 Å². The van der Waals surface area contributed by atoms with Crippen LogP contribution in [-0.2, 0) is 6.54 Å². The molecule has 0 amide bonds. The van der Waals surface area contributed by atoms with Crippen LogP contribution in [0.1, 0.15) is 5.56 Å². The lowest BCUT2D eigenvalue weighted by Crippen LogP contribution is -2.03. The van der Waals surface area contributed by atoms with Gasteiger partial charge in [0.15, 0.2) is 0 Å². The number of halogens is 1. The number of hydrogen-bond acceptors (Lipinski definition) is 1. The SMILES string of the molecule is Brc1ccccc1Cn1c(-c2ccccc2)nc2cc(-c3ccc4c(c3)c3ccccc3n4-c3ccccc3)ccc21. The van der Waals surface area contributed by atoms with Crippen molar-refractivity contribution in [2.24, 2.45) is 0 Å². The average molecular weight is 605 g/mol. The van der Waals surface area contributed by atoms with Crippen molar-refractivity contribution in [1.29, 1.82) is 0 Å².